The number of amides is 1. The van der Waals surface area contributed by atoms with Crippen LogP contribution in [0.25, 0.3) is 0 Å². The Hall–Kier alpha value is -3.50. The van der Waals surface area contributed by atoms with Gasteiger partial charge in [0.1, 0.15) is 11.6 Å². The maximum absolute atomic E-state index is 13.6. The van der Waals surface area contributed by atoms with Crippen LogP contribution in [0.3, 0.4) is 0 Å². The lowest BCUT2D eigenvalue weighted by atomic mass is 9.99. The fourth-order valence-corrected chi connectivity index (χ4v) is 3.68. The van der Waals surface area contributed by atoms with Gasteiger partial charge in [-0.3, -0.25) is 9.59 Å². The van der Waals surface area contributed by atoms with Crippen molar-refractivity contribution in [1.29, 1.82) is 0 Å². The molecular weight excluding hydrogens is 470 g/mol. The largest absolute Gasteiger partial charge is 0.491 e. The van der Waals surface area contributed by atoms with Crippen molar-refractivity contribution in [1.82, 2.24) is 10.3 Å². The number of hydrogen-bond acceptors (Lipinski definition) is 6. The number of pyridine rings is 1. The lowest BCUT2D eigenvalue weighted by molar-refractivity contribution is -0.202. The monoisotopic (exact) mass is 495 g/mol. The van der Waals surface area contributed by atoms with Crippen LogP contribution in [-0.4, -0.2) is 42.1 Å². The SMILES string of the molecule is O=C(CCCCc1ccc2c(n1)NCCC2)NCC(C(=O)OC(=O)C(F)(F)F)c1cccc(F)c1. The third kappa shape index (κ3) is 7.76. The van der Waals surface area contributed by atoms with Crippen LogP contribution in [0.5, 0.6) is 0 Å². The van der Waals surface area contributed by atoms with Crippen molar-refractivity contribution in [2.45, 2.75) is 50.6 Å². The number of alkyl halides is 3. The molecule has 11 heteroatoms. The molecular formula is C24H25F4N3O4. The van der Waals surface area contributed by atoms with Crippen molar-refractivity contribution in [2.75, 3.05) is 18.4 Å². The Morgan fingerprint density at radius 1 is 1.14 bits per heavy atom. The summed E-state index contributed by atoms with van der Waals surface area (Å²) in [5, 5.41) is 5.72. The molecule has 188 valence electrons. The van der Waals surface area contributed by atoms with E-state index in [1.54, 1.807) is 0 Å². The van der Waals surface area contributed by atoms with Crippen molar-refractivity contribution in [2.24, 2.45) is 0 Å². The molecule has 1 unspecified atom stereocenters. The number of unbranched alkanes of at least 4 members (excludes halogenated alkanes) is 1. The topological polar surface area (TPSA) is 97.4 Å². The number of nitrogens with one attached hydrogen (secondary N) is 2. The van der Waals surface area contributed by atoms with Gasteiger partial charge in [0.2, 0.25) is 5.91 Å². The summed E-state index contributed by atoms with van der Waals surface area (Å²) in [5.74, 6) is -5.99. The summed E-state index contributed by atoms with van der Waals surface area (Å²) >= 11 is 0. The number of halogens is 4. The van der Waals surface area contributed by atoms with Crippen LogP contribution in [0.4, 0.5) is 23.4 Å². The van der Waals surface area contributed by atoms with Gasteiger partial charge in [-0.2, -0.15) is 13.2 Å². The van der Waals surface area contributed by atoms with E-state index in [0.29, 0.717) is 19.3 Å². The number of rotatable bonds is 9. The Morgan fingerprint density at radius 3 is 2.69 bits per heavy atom. The highest BCUT2D eigenvalue weighted by Crippen LogP contribution is 2.23. The molecule has 0 spiro atoms. The first-order chi connectivity index (χ1) is 16.6. The second-order valence-electron chi connectivity index (χ2n) is 8.17. The number of aryl methyl sites for hydroxylation is 2. The molecule has 0 saturated carbocycles. The number of fused-ring (bicyclic) bond motifs is 1. The second-order valence-corrected chi connectivity index (χ2v) is 8.17. The molecule has 2 N–H and O–H groups in total. The van der Waals surface area contributed by atoms with E-state index in [0.717, 1.165) is 43.0 Å². The maximum atomic E-state index is 13.6. The summed E-state index contributed by atoms with van der Waals surface area (Å²) in [6.07, 6.45) is -1.35. The first-order valence-electron chi connectivity index (χ1n) is 11.2. The molecule has 0 bridgehead atoms. The van der Waals surface area contributed by atoms with E-state index in [9.17, 15) is 31.9 Å². The summed E-state index contributed by atoms with van der Waals surface area (Å²) in [7, 11) is 0. The van der Waals surface area contributed by atoms with Crippen LogP contribution in [0.15, 0.2) is 36.4 Å². The van der Waals surface area contributed by atoms with E-state index >= 15 is 0 Å². The van der Waals surface area contributed by atoms with Crippen molar-refractivity contribution in [3.05, 3.63) is 59.0 Å². The highest BCUT2D eigenvalue weighted by molar-refractivity contribution is 5.92. The molecule has 35 heavy (non-hydrogen) atoms. The minimum absolute atomic E-state index is 0.0302. The van der Waals surface area contributed by atoms with E-state index < -0.39 is 42.3 Å². The summed E-state index contributed by atoms with van der Waals surface area (Å²) in [4.78, 5) is 40.1. The molecule has 7 nitrogen and oxygen atoms in total. The molecule has 3 rings (SSSR count). The van der Waals surface area contributed by atoms with E-state index in [-0.39, 0.29) is 12.0 Å². The number of carbonyl (C=O) groups excluding carboxylic acids is 3. The van der Waals surface area contributed by atoms with Crippen LogP contribution >= 0.6 is 0 Å². The third-order valence-corrected chi connectivity index (χ3v) is 5.50. The van der Waals surface area contributed by atoms with Gasteiger partial charge in [-0.1, -0.05) is 18.2 Å². The zero-order valence-electron chi connectivity index (χ0n) is 18.8. The zero-order valence-corrected chi connectivity index (χ0v) is 18.8. The van der Waals surface area contributed by atoms with Gasteiger partial charge in [-0.15, -0.1) is 0 Å². The summed E-state index contributed by atoms with van der Waals surface area (Å²) < 4.78 is 54.9. The van der Waals surface area contributed by atoms with Crippen LogP contribution in [0.2, 0.25) is 0 Å². The first-order valence-corrected chi connectivity index (χ1v) is 11.2. The van der Waals surface area contributed by atoms with E-state index in [1.165, 1.54) is 17.7 Å². The lowest BCUT2D eigenvalue weighted by Crippen LogP contribution is -2.35. The zero-order chi connectivity index (χ0) is 25.4. The molecule has 0 saturated heterocycles. The van der Waals surface area contributed by atoms with Gasteiger partial charge in [0.05, 0.1) is 5.92 Å². The number of hydrogen-bond donors (Lipinski definition) is 2. The number of carbonyl (C=O) groups is 3. The quantitative estimate of drug-likeness (QED) is 0.238. The Morgan fingerprint density at radius 2 is 1.94 bits per heavy atom. The number of ether oxygens (including phenoxy) is 1. The van der Waals surface area contributed by atoms with Crippen molar-refractivity contribution < 1.29 is 36.7 Å². The molecule has 0 fully saturated rings. The Bertz CT molecular complexity index is 1070. The molecule has 1 aliphatic heterocycles. The summed E-state index contributed by atoms with van der Waals surface area (Å²) in [6.45, 7) is 0.433. The highest BCUT2D eigenvalue weighted by Gasteiger charge is 2.43. The van der Waals surface area contributed by atoms with Crippen LogP contribution in [0.1, 0.15) is 48.4 Å². The van der Waals surface area contributed by atoms with Gasteiger partial charge < -0.3 is 15.4 Å². The number of nitrogens with zero attached hydrogens (tertiary/aromatic N) is 1. The van der Waals surface area contributed by atoms with E-state index in [1.807, 2.05) is 12.1 Å². The van der Waals surface area contributed by atoms with Crippen molar-refractivity contribution >= 4 is 23.7 Å². The predicted octanol–water partition coefficient (Wildman–Crippen LogP) is 3.82. The van der Waals surface area contributed by atoms with Crippen molar-refractivity contribution in [3.8, 4) is 0 Å². The molecule has 1 atom stereocenters. The van der Waals surface area contributed by atoms with Crippen LogP contribution in [-0.2, 0) is 32.0 Å². The van der Waals surface area contributed by atoms with Crippen LogP contribution < -0.4 is 10.6 Å². The van der Waals surface area contributed by atoms with Gasteiger partial charge in [0, 0.05) is 25.2 Å². The number of aromatic nitrogens is 1. The average Bonchev–Trinajstić information content (AvgIpc) is 2.81. The smallest absolute Gasteiger partial charge is 0.386 e. The van der Waals surface area contributed by atoms with Crippen molar-refractivity contribution in [3.63, 3.8) is 0 Å². The molecule has 1 aromatic carbocycles. The fraction of sp³-hybridized carbons (Fsp3) is 0.417. The van der Waals surface area contributed by atoms with Gasteiger partial charge in [-0.25, -0.2) is 14.2 Å². The lowest BCUT2D eigenvalue weighted by Gasteiger charge is -2.17. The second kappa shape index (κ2) is 11.8. The Balaban J connectivity index is 1.50. The predicted molar refractivity (Wildman–Crippen MR) is 118 cm³/mol. The van der Waals surface area contributed by atoms with Crippen LogP contribution in [0, 0.1) is 5.82 Å². The molecule has 1 aliphatic rings. The summed E-state index contributed by atoms with van der Waals surface area (Å²) in [5.41, 5.74) is 2.06. The fourth-order valence-electron chi connectivity index (χ4n) is 3.68. The van der Waals surface area contributed by atoms with Gasteiger partial charge in [0.15, 0.2) is 0 Å². The van der Waals surface area contributed by atoms with E-state index in [4.69, 9.17) is 0 Å². The third-order valence-electron chi connectivity index (χ3n) is 5.50. The molecule has 1 amide bonds. The normalized spacial score (nSPS) is 13.8. The molecule has 0 radical (unpaired) electrons. The standard InChI is InChI=1S/C24H25F4N3O4/c25-17-7-3-5-16(13-17)19(22(33)35-23(34)24(26,27)28)14-30-20(32)9-2-1-8-18-11-10-15-6-4-12-29-21(15)31-18/h3,5,7,10-11,13,19H,1-2,4,6,8-9,12,14H2,(H,29,31)(H,30,32). The molecule has 2 heterocycles. The maximum Gasteiger partial charge on any atom is 0.491 e. The number of benzene rings is 1. The number of anilines is 1. The summed E-state index contributed by atoms with van der Waals surface area (Å²) in [6, 6.07) is 8.56. The molecule has 0 aliphatic carbocycles. The van der Waals surface area contributed by atoms with Gasteiger partial charge in [0.25, 0.3) is 0 Å². The van der Waals surface area contributed by atoms with Gasteiger partial charge >= 0.3 is 18.1 Å². The minimum atomic E-state index is -5.37. The minimum Gasteiger partial charge on any atom is -0.386 e. The first kappa shape index (κ1) is 26.1. The number of esters is 2. The molecule has 2 aromatic rings. The van der Waals surface area contributed by atoms with Gasteiger partial charge in [-0.05, 0) is 61.4 Å². The Kier molecular flexibility index (Phi) is 8.78. The van der Waals surface area contributed by atoms with E-state index in [2.05, 4.69) is 20.4 Å². The average molecular weight is 495 g/mol. The molecule has 1 aromatic heterocycles. The highest BCUT2D eigenvalue weighted by atomic mass is 19.4. The Labute approximate surface area is 199 Å².